The van der Waals surface area contributed by atoms with Gasteiger partial charge in [-0.2, -0.15) is 5.10 Å². The van der Waals surface area contributed by atoms with Gasteiger partial charge in [-0.25, -0.2) is 10.2 Å². The quantitative estimate of drug-likeness (QED) is 0.848. The van der Waals surface area contributed by atoms with E-state index in [0.29, 0.717) is 41.0 Å². The van der Waals surface area contributed by atoms with Crippen LogP contribution in [0, 0.1) is 13.8 Å². The molecule has 1 aliphatic rings. The fraction of sp³-hybridized carbons (Fsp3) is 0.278. The molecule has 1 aromatic heterocycles. The Hall–Kier alpha value is -2.89. The van der Waals surface area contributed by atoms with E-state index in [-0.39, 0.29) is 11.7 Å². The molecule has 1 amide bonds. The molecule has 1 aliphatic carbocycles. The van der Waals surface area contributed by atoms with Crippen LogP contribution in [0.15, 0.2) is 33.8 Å². The van der Waals surface area contributed by atoms with Crippen molar-refractivity contribution in [2.45, 2.75) is 33.1 Å². The summed E-state index contributed by atoms with van der Waals surface area (Å²) in [4.78, 5) is 23.4. The van der Waals surface area contributed by atoms with Gasteiger partial charge in [0.25, 0.3) is 5.91 Å². The number of carbonyl (C=O) groups excluding carboxylic acids is 1. The van der Waals surface area contributed by atoms with Crippen molar-refractivity contribution in [3.63, 3.8) is 0 Å². The summed E-state index contributed by atoms with van der Waals surface area (Å²) in [5.74, 6) is -0.817. The molecule has 1 heterocycles. The van der Waals surface area contributed by atoms with E-state index >= 15 is 0 Å². The summed E-state index contributed by atoms with van der Waals surface area (Å²) in [5, 5.41) is 13.4. The highest BCUT2D eigenvalue weighted by Crippen LogP contribution is 2.29. The maximum absolute atomic E-state index is 12.2. The average molecular weight is 326 g/mol. The molecule has 1 aromatic carbocycles. The third-order valence-electron chi connectivity index (χ3n) is 4.09. The molecule has 0 radical (unpaired) electrons. The molecule has 0 spiro atoms. The lowest BCUT2D eigenvalue weighted by Gasteiger charge is -2.13. The Morgan fingerprint density at radius 1 is 1.25 bits per heavy atom. The molecule has 24 heavy (non-hydrogen) atoms. The maximum atomic E-state index is 12.2. The van der Waals surface area contributed by atoms with Gasteiger partial charge in [-0.15, -0.1) is 0 Å². The van der Waals surface area contributed by atoms with Gasteiger partial charge in [-0.05, 0) is 38.8 Å². The number of carboxylic acids is 1. The fourth-order valence-electron chi connectivity index (χ4n) is 2.95. The number of carbonyl (C=O) groups is 2. The third kappa shape index (κ3) is 2.95. The lowest BCUT2D eigenvalue weighted by Crippen LogP contribution is -2.22. The zero-order valence-corrected chi connectivity index (χ0v) is 13.5. The Morgan fingerprint density at radius 2 is 2.04 bits per heavy atom. The van der Waals surface area contributed by atoms with E-state index in [1.807, 2.05) is 19.1 Å². The van der Waals surface area contributed by atoms with Gasteiger partial charge in [0.1, 0.15) is 5.76 Å². The molecular weight excluding hydrogens is 308 g/mol. The number of nitrogens with zero attached hydrogens (tertiary/aromatic N) is 1. The molecule has 6 nitrogen and oxygen atoms in total. The van der Waals surface area contributed by atoms with E-state index in [2.05, 4.69) is 10.5 Å². The fourth-order valence-corrected chi connectivity index (χ4v) is 2.95. The van der Waals surface area contributed by atoms with Crippen LogP contribution in [0.4, 0.5) is 0 Å². The van der Waals surface area contributed by atoms with Crippen molar-refractivity contribution in [1.82, 2.24) is 5.43 Å². The van der Waals surface area contributed by atoms with E-state index < -0.39 is 5.97 Å². The van der Waals surface area contributed by atoms with Crippen LogP contribution in [0.2, 0.25) is 0 Å². The van der Waals surface area contributed by atoms with Crippen molar-refractivity contribution in [2.75, 3.05) is 0 Å². The summed E-state index contributed by atoms with van der Waals surface area (Å²) in [6, 6.07) is 7.24. The van der Waals surface area contributed by atoms with Gasteiger partial charge >= 0.3 is 5.97 Å². The number of hydrogen-bond acceptors (Lipinski definition) is 4. The molecule has 0 aliphatic heterocycles. The summed E-state index contributed by atoms with van der Waals surface area (Å²) in [6.45, 7) is 3.62. The first-order chi connectivity index (χ1) is 11.5. The number of aryl methyl sites for hydroxylation is 2. The summed E-state index contributed by atoms with van der Waals surface area (Å²) >= 11 is 0. The van der Waals surface area contributed by atoms with Crippen molar-refractivity contribution < 1.29 is 19.1 Å². The van der Waals surface area contributed by atoms with Crippen LogP contribution in [-0.4, -0.2) is 22.7 Å². The number of rotatable bonds is 3. The highest BCUT2D eigenvalue weighted by atomic mass is 16.4. The maximum Gasteiger partial charge on any atom is 0.372 e. The van der Waals surface area contributed by atoms with Crippen LogP contribution in [0.1, 0.15) is 56.2 Å². The summed E-state index contributed by atoms with van der Waals surface area (Å²) in [7, 11) is 0. The highest BCUT2D eigenvalue weighted by Gasteiger charge is 2.27. The second kappa shape index (κ2) is 6.31. The predicted octanol–water partition coefficient (Wildman–Crippen LogP) is 3.07. The van der Waals surface area contributed by atoms with Gasteiger partial charge in [-0.1, -0.05) is 17.7 Å². The minimum absolute atomic E-state index is 0.0559. The van der Waals surface area contributed by atoms with Crippen LogP contribution in [0.3, 0.4) is 0 Å². The zero-order valence-electron chi connectivity index (χ0n) is 13.5. The lowest BCUT2D eigenvalue weighted by molar-refractivity contribution is 0.0659. The molecule has 0 fully saturated rings. The topological polar surface area (TPSA) is 91.9 Å². The predicted molar refractivity (Wildman–Crippen MR) is 88.5 cm³/mol. The molecule has 0 atom stereocenters. The Bertz CT molecular complexity index is 849. The zero-order chi connectivity index (χ0) is 17.3. The van der Waals surface area contributed by atoms with Crippen molar-refractivity contribution in [3.05, 3.63) is 58.0 Å². The number of carboxylic acid groups (broad SMARTS) is 1. The molecule has 2 aromatic rings. The summed E-state index contributed by atoms with van der Waals surface area (Å²) in [6.07, 6.45) is 2.15. The average Bonchev–Trinajstić information content (AvgIpc) is 2.90. The minimum Gasteiger partial charge on any atom is -0.475 e. The van der Waals surface area contributed by atoms with Gasteiger partial charge in [-0.3, -0.25) is 4.79 Å². The Kier molecular flexibility index (Phi) is 4.20. The number of furan rings is 1. The molecule has 2 N–H and O–H groups in total. The first-order valence-corrected chi connectivity index (χ1v) is 7.77. The van der Waals surface area contributed by atoms with Crippen LogP contribution in [0.5, 0.6) is 0 Å². The van der Waals surface area contributed by atoms with Gasteiger partial charge in [0.05, 0.1) is 5.71 Å². The van der Waals surface area contributed by atoms with E-state index in [1.165, 1.54) is 0 Å². The second-order valence-electron chi connectivity index (χ2n) is 5.88. The first kappa shape index (κ1) is 16.0. The number of amides is 1. The SMILES string of the molecule is Cc1cccc(C(=O)N/N=C2\CCCc3oc(C(=O)O)c(C)c32)c1. The van der Waals surface area contributed by atoms with Crippen LogP contribution in [0.25, 0.3) is 0 Å². The van der Waals surface area contributed by atoms with E-state index in [1.54, 1.807) is 19.1 Å². The molecule has 0 bridgehead atoms. The molecule has 0 saturated heterocycles. The van der Waals surface area contributed by atoms with Crippen molar-refractivity contribution in [2.24, 2.45) is 5.10 Å². The number of fused-ring (bicyclic) bond motifs is 1. The normalized spacial score (nSPS) is 15.2. The van der Waals surface area contributed by atoms with E-state index in [9.17, 15) is 14.7 Å². The van der Waals surface area contributed by atoms with Gasteiger partial charge in [0.15, 0.2) is 0 Å². The van der Waals surface area contributed by atoms with Gasteiger partial charge < -0.3 is 9.52 Å². The Balaban J connectivity index is 1.88. The lowest BCUT2D eigenvalue weighted by atomic mass is 9.93. The van der Waals surface area contributed by atoms with Crippen molar-refractivity contribution >= 4 is 17.6 Å². The standard InChI is InChI=1S/C18H18N2O4/c1-10-5-3-6-12(9-10)17(21)20-19-13-7-4-8-14-15(13)11(2)16(24-14)18(22)23/h3,5-6,9H,4,7-8H2,1-2H3,(H,20,21)(H,22,23)/b19-13+. The van der Waals surface area contributed by atoms with Crippen molar-refractivity contribution in [1.29, 1.82) is 0 Å². The first-order valence-electron chi connectivity index (χ1n) is 7.77. The highest BCUT2D eigenvalue weighted by molar-refractivity contribution is 6.06. The molecular formula is C18H18N2O4. The monoisotopic (exact) mass is 326 g/mol. The Morgan fingerprint density at radius 3 is 2.75 bits per heavy atom. The van der Waals surface area contributed by atoms with Crippen LogP contribution in [-0.2, 0) is 6.42 Å². The number of nitrogens with one attached hydrogen (secondary N) is 1. The second-order valence-corrected chi connectivity index (χ2v) is 5.88. The number of benzene rings is 1. The largest absolute Gasteiger partial charge is 0.475 e. The van der Waals surface area contributed by atoms with Gasteiger partial charge in [0.2, 0.25) is 5.76 Å². The number of aromatic carboxylic acids is 1. The van der Waals surface area contributed by atoms with Crippen molar-refractivity contribution in [3.8, 4) is 0 Å². The summed E-state index contributed by atoms with van der Waals surface area (Å²) < 4.78 is 5.44. The van der Waals surface area contributed by atoms with Crippen LogP contribution >= 0.6 is 0 Å². The summed E-state index contributed by atoms with van der Waals surface area (Å²) in [5.41, 5.74) is 6.01. The van der Waals surface area contributed by atoms with Crippen LogP contribution < -0.4 is 5.43 Å². The molecule has 3 rings (SSSR count). The number of hydrazone groups is 1. The van der Waals surface area contributed by atoms with E-state index in [0.717, 1.165) is 12.0 Å². The van der Waals surface area contributed by atoms with Gasteiger partial charge in [0, 0.05) is 23.1 Å². The smallest absolute Gasteiger partial charge is 0.372 e. The third-order valence-corrected chi connectivity index (χ3v) is 4.09. The molecule has 6 heteroatoms. The number of hydrogen-bond donors (Lipinski definition) is 2. The molecule has 0 unspecified atom stereocenters. The molecule has 124 valence electrons. The van der Waals surface area contributed by atoms with E-state index in [4.69, 9.17) is 4.42 Å². The molecule has 0 saturated carbocycles. The minimum atomic E-state index is -1.09. The Labute approximate surface area is 139 Å².